The van der Waals surface area contributed by atoms with Crippen LogP contribution in [0.2, 0.25) is 0 Å². The Labute approximate surface area is 471 Å². The minimum atomic E-state index is -1.53. The van der Waals surface area contributed by atoms with Crippen LogP contribution in [0, 0.1) is 0 Å². The molecule has 0 saturated carbocycles. The zero-order chi connectivity index (χ0) is 56.2. The lowest BCUT2D eigenvalue weighted by Gasteiger charge is -2.25. The zero-order valence-corrected chi connectivity index (χ0v) is 49.3. The molecule has 0 aliphatic carbocycles. The number of rotatable bonds is 53. The number of carbonyl (C=O) groups excluding carboxylic acids is 2. The van der Waals surface area contributed by atoms with E-state index in [0.717, 1.165) is 116 Å². The molecule has 77 heavy (non-hydrogen) atoms. The molecule has 0 aliphatic rings. The van der Waals surface area contributed by atoms with E-state index in [0.29, 0.717) is 17.4 Å². The van der Waals surface area contributed by atoms with Crippen molar-refractivity contribution in [2.24, 2.45) is 0 Å². The molecule has 0 fully saturated rings. The van der Waals surface area contributed by atoms with E-state index in [-0.39, 0.29) is 38.6 Å². The highest BCUT2D eigenvalue weighted by atomic mass is 16.7. The van der Waals surface area contributed by atoms with E-state index in [1.54, 1.807) is 0 Å². The number of hydrogen-bond donors (Lipinski definition) is 1. The molecule has 434 valence electrons. The van der Waals surface area contributed by atoms with E-state index in [1.165, 1.54) is 57.8 Å². The van der Waals surface area contributed by atoms with Crippen LogP contribution in [0.4, 0.5) is 0 Å². The topological polar surface area (TPSA) is 108 Å². The first-order chi connectivity index (χ1) is 37.6. The van der Waals surface area contributed by atoms with E-state index in [4.69, 9.17) is 18.9 Å². The summed E-state index contributed by atoms with van der Waals surface area (Å²) in [7, 11) is 5.94. The van der Waals surface area contributed by atoms with Gasteiger partial charge < -0.3 is 28.5 Å². The highest BCUT2D eigenvalue weighted by molar-refractivity contribution is 5.71. The number of unbranched alkanes of at least 4 members (excludes halogenated alkanes) is 14. The number of hydrogen-bond acceptors (Lipinski definition) is 7. The molecule has 0 amide bonds. The monoisotopic (exact) mass is 1070 g/mol. The van der Waals surface area contributed by atoms with E-state index in [2.05, 4.69) is 160 Å². The van der Waals surface area contributed by atoms with Crippen molar-refractivity contribution in [1.82, 2.24) is 0 Å². The fourth-order valence-corrected chi connectivity index (χ4v) is 7.48. The Balaban J connectivity index is 4.37. The maximum atomic E-state index is 12.9. The lowest BCUT2D eigenvalue weighted by molar-refractivity contribution is -0.870. The molecule has 9 nitrogen and oxygen atoms in total. The van der Waals surface area contributed by atoms with Gasteiger partial charge in [-0.3, -0.25) is 9.59 Å². The highest BCUT2D eigenvalue weighted by Gasteiger charge is 2.25. The van der Waals surface area contributed by atoms with Crippen molar-refractivity contribution in [3.63, 3.8) is 0 Å². The third-order valence-electron chi connectivity index (χ3n) is 12.1. The molecule has 0 aromatic rings. The van der Waals surface area contributed by atoms with Gasteiger partial charge in [-0.1, -0.05) is 217 Å². The van der Waals surface area contributed by atoms with Gasteiger partial charge >= 0.3 is 17.9 Å². The SMILES string of the molecule is CC/C=C\C/C=C\C/C=C\C/C=C\C/C=C\C/C=C\C/C=C\C/C=C\C/C=C\C/C=C\CCCCC(=O)OC(COC(=O)CCCCCCCCCCC/C=C\C/C=C\CCCCC)COC(OCC[N+](C)(C)C)C(=O)O. The second-order valence-corrected chi connectivity index (χ2v) is 20.6. The maximum Gasteiger partial charge on any atom is 0.361 e. The van der Waals surface area contributed by atoms with Gasteiger partial charge in [0.2, 0.25) is 0 Å². The zero-order valence-electron chi connectivity index (χ0n) is 49.3. The molecule has 0 bridgehead atoms. The Kier molecular flexibility index (Phi) is 53.8. The van der Waals surface area contributed by atoms with Crippen molar-refractivity contribution in [1.29, 1.82) is 0 Å². The molecular weight excluding hydrogens is 959 g/mol. The minimum Gasteiger partial charge on any atom is -0.477 e. The van der Waals surface area contributed by atoms with Gasteiger partial charge in [-0.25, -0.2) is 4.79 Å². The molecule has 2 unspecified atom stereocenters. The number of esters is 2. The van der Waals surface area contributed by atoms with Crippen LogP contribution in [-0.2, 0) is 33.3 Å². The predicted octanol–water partition coefficient (Wildman–Crippen LogP) is 18.0. The molecule has 2 atom stereocenters. The number of allylic oxidation sites excluding steroid dienone is 24. The molecule has 0 aromatic carbocycles. The highest BCUT2D eigenvalue weighted by Crippen LogP contribution is 2.14. The van der Waals surface area contributed by atoms with E-state index < -0.39 is 24.3 Å². The predicted molar refractivity (Wildman–Crippen MR) is 327 cm³/mol. The molecule has 0 aromatic heterocycles. The first-order valence-electron chi connectivity index (χ1n) is 30.0. The Hall–Kier alpha value is -4.83. The van der Waals surface area contributed by atoms with Crippen LogP contribution >= 0.6 is 0 Å². The van der Waals surface area contributed by atoms with Crippen LogP contribution in [0.15, 0.2) is 146 Å². The Morgan fingerprint density at radius 2 is 0.740 bits per heavy atom. The van der Waals surface area contributed by atoms with Crippen LogP contribution in [-0.4, -0.2) is 87.4 Å². The van der Waals surface area contributed by atoms with Gasteiger partial charge in [-0.15, -0.1) is 0 Å². The molecule has 0 spiro atoms. The summed E-state index contributed by atoms with van der Waals surface area (Å²) < 4.78 is 22.8. The number of ether oxygens (including phenoxy) is 4. The summed E-state index contributed by atoms with van der Waals surface area (Å²) in [4.78, 5) is 37.4. The number of carboxylic acids is 1. The first-order valence-corrected chi connectivity index (χ1v) is 30.0. The summed E-state index contributed by atoms with van der Waals surface area (Å²) in [6.45, 7) is 4.66. The van der Waals surface area contributed by atoms with Gasteiger partial charge in [0.1, 0.15) is 13.2 Å². The normalized spacial score (nSPS) is 13.8. The van der Waals surface area contributed by atoms with Crippen molar-refractivity contribution >= 4 is 17.9 Å². The summed E-state index contributed by atoms with van der Waals surface area (Å²) in [5, 5.41) is 9.70. The molecule has 0 saturated heterocycles. The second kappa shape index (κ2) is 57.3. The number of nitrogens with zero attached hydrogens (tertiary/aromatic N) is 1. The number of quaternary nitrogens is 1. The summed E-state index contributed by atoms with van der Waals surface area (Å²) in [5.74, 6) is -2.09. The van der Waals surface area contributed by atoms with Gasteiger partial charge in [-0.05, 0) is 122 Å². The largest absolute Gasteiger partial charge is 0.477 e. The summed E-state index contributed by atoms with van der Waals surface area (Å²) in [6.07, 6.45) is 80.7. The number of aliphatic carboxylic acids is 1. The minimum absolute atomic E-state index is 0.170. The maximum absolute atomic E-state index is 12.9. The Morgan fingerprint density at radius 3 is 1.13 bits per heavy atom. The smallest absolute Gasteiger partial charge is 0.361 e. The fraction of sp³-hybridized carbons (Fsp3) is 0.603. The van der Waals surface area contributed by atoms with Crippen molar-refractivity contribution in [3.8, 4) is 0 Å². The molecular formula is C68H110NO8+. The number of carbonyl (C=O) groups is 3. The van der Waals surface area contributed by atoms with Crippen LogP contribution in [0.25, 0.3) is 0 Å². The van der Waals surface area contributed by atoms with E-state index >= 15 is 0 Å². The van der Waals surface area contributed by atoms with E-state index in [9.17, 15) is 19.5 Å². The van der Waals surface area contributed by atoms with Gasteiger partial charge in [0, 0.05) is 12.8 Å². The van der Waals surface area contributed by atoms with Gasteiger partial charge in [0.25, 0.3) is 6.29 Å². The summed E-state index contributed by atoms with van der Waals surface area (Å²) in [6, 6.07) is 0. The molecule has 0 heterocycles. The Morgan fingerprint density at radius 1 is 0.403 bits per heavy atom. The van der Waals surface area contributed by atoms with Crippen molar-refractivity contribution in [2.45, 2.75) is 219 Å². The van der Waals surface area contributed by atoms with Gasteiger partial charge in [0.05, 0.1) is 34.4 Å². The number of likely N-dealkylation sites (N-methyl/N-ethyl adjacent to an activating group) is 1. The molecule has 1 N–H and O–H groups in total. The quantitative estimate of drug-likeness (QED) is 0.0211. The molecule has 0 aliphatic heterocycles. The average molecular weight is 1070 g/mol. The average Bonchev–Trinajstić information content (AvgIpc) is 3.40. The summed E-state index contributed by atoms with van der Waals surface area (Å²) in [5.41, 5.74) is 0. The molecule has 0 radical (unpaired) electrons. The van der Waals surface area contributed by atoms with Crippen molar-refractivity contribution in [2.75, 3.05) is 47.5 Å². The number of carboxylic acid groups (broad SMARTS) is 1. The fourth-order valence-electron chi connectivity index (χ4n) is 7.48. The molecule has 9 heteroatoms. The third kappa shape index (κ3) is 58.7. The van der Waals surface area contributed by atoms with E-state index in [1.807, 2.05) is 21.1 Å². The van der Waals surface area contributed by atoms with Gasteiger partial charge in [0.15, 0.2) is 6.10 Å². The lowest BCUT2D eigenvalue weighted by atomic mass is 10.1. The van der Waals surface area contributed by atoms with Crippen LogP contribution in [0.1, 0.15) is 206 Å². The van der Waals surface area contributed by atoms with Crippen LogP contribution in [0.5, 0.6) is 0 Å². The standard InChI is InChI=1S/C68H109NO8/c1-6-8-10-12-14-16-18-20-22-24-26-27-28-29-30-31-32-33-34-35-36-37-38-39-41-43-45-47-49-51-53-55-57-59-66(71)77-64(63-76-68(67(72)73)74-61-60-69(3,4)5)62-75-65(70)58-56-54-52-50-48-46-44-42-40-25-23-21-19-17-15-13-11-9-7-2/h8,10,14-17,20-23,26-27,29-30,32-33,35-36,38-39,43,45,49,51,64,68H,6-7,9,11-13,18-19,24-25,28,31,34,37,40-42,44,46-48,50,52-63H2,1-5H3/p+1/b10-8-,16-14-,17-15-,22-20-,23-21-,27-26-,30-29-,33-32-,36-35-,39-38-,45-43-,51-49-. The van der Waals surface area contributed by atoms with Crippen LogP contribution in [0.3, 0.4) is 0 Å². The van der Waals surface area contributed by atoms with Crippen molar-refractivity contribution < 1.29 is 42.9 Å². The van der Waals surface area contributed by atoms with Crippen LogP contribution < -0.4 is 0 Å². The summed E-state index contributed by atoms with van der Waals surface area (Å²) >= 11 is 0. The second-order valence-electron chi connectivity index (χ2n) is 20.6. The van der Waals surface area contributed by atoms with Crippen molar-refractivity contribution in [3.05, 3.63) is 146 Å². The third-order valence-corrected chi connectivity index (χ3v) is 12.1. The Bertz CT molecular complexity index is 1770. The van der Waals surface area contributed by atoms with Gasteiger partial charge in [-0.2, -0.15) is 0 Å². The first kappa shape index (κ1) is 72.2. The molecule has 0 rings (SSSR count). The lowest BCUT2D eigenvalue weighted by Crippen LogP contribution is -2.40.